The predicted octanol–water partition coefficient (Wildman–Crippen LogP) is 16.2. The molecule has 2 nitrogen and oxygen atoms in total. The molecule has 0 spiro atoms. The number of hydrogen-bond acceptors (Lipinski definition) is 4. The molecule has 0 saturated heterocycles. The van der Waals surface area contributed by atoms with Gasteiger partial charge in [0.05, 0.1) is 10.0 Å². The van der Waals surface area contributed by atoms with E-state index in [0.717, 1.165) is 12.8 Å². The van der Waals surface area contributed by atoms with Crippen LogP contribution in [-0.4, -0.2) is 6.71 Å². The minimum absolute atomic E-state index is 0.0425. The lowest BCUT2D eigenvalue weighted by atomic mass is 9.33. The van der Waals surface area contributed by atoms with Crippen LogP contribution >= 0.6 is 22.7 Å². The summed E-state index contributed by atoms with van der Waals surface area (Å²) in [7, 11) is 0. The van der Waals surface area contributed by atoms with Crippen LogP contribution < -0.4 is 26.2 Å². The fourth-order valence-corrected chi connectivity index (χ4v) is 14.6. The highest BCUT2D eigenvalue weighted by molar-refractivity contribution is 7.29. The van der Waals surface area contributed by atoms with Crippen LogP contribution in [0.5, 0.6) is 0 Å². The van der Waals surface area contributed by atoms with Crippen molar-refractivity contribution >= 4 is 163 Å². The first-order chi connectivity index (χ1) is 33.1. The fraction of sp³-hybridized carbons (Fsp3) is 0.0645. The summed E-state index contributed by atoms with van der Waals surface area (Å²) in [5.74, 6) is 0. The van der Waals surface area contributed by atoms with Crippen LogP contribution in [0, 0.1) is 0 Å². The van der Waals surface area contributed by atoms with Crippen molar-refractivity contribution < 1.29 is 0 Å². The smallest absolute Gasteiger partial charge is 0.256 e. The van der Waals surface area contributed by atoms with Crippen molar-refractivity contribution in [1.82, 2.24) is 0 Å². The third kappa shape index (κ3) is 5.16. The SMILES string of the molecule is CCc1ccc2sc3c(c2c1)B1c2c(cccc2N(c2ccc4c5ccccc5c5ccccc5c4c2)c2sc4ccc(CC)cc4c21)N3c1ccc2c3ccccc3c3ccccc3c2c1. The lowest BCUT2D eigenvalue weighted by Gasteiger charge is -2.42. The minimum Gasteiger partial charge on any atom is -0.303 e. The van der Waals surface area contributed by atoms with E-state index in [0.29, 0.717) is 0 Å². The Kier molecular flexibility index (Phi) is 7.91. The number of benzene rings is 11. The van der Waals surface area contributed by atoms with Gasteiger partial charge in [-0.05, 0) is 164 Å². The monoisotopic (exact) mass is 888 g/mol. The number of nitrogens with zero attached hydrogens (tertiary/aromatic N) is 2. The summed E-state index contributed by atoms with van der Waals surface area (Å²) < 4.78 is 2.68. The molecule has 0 unspecified atom stereocenters. The molecule has 15 rings (SSSR count). The molecule has 11 aromatic carbocycles. The third-order valence-electron chi connectivity index (χ3n) is 15.1. The van der Waals surface area contributed by atoms with Gasteiger partial charge in [-0.2, -0.15) is 0 Å². The summed E-state index contributed by atoms with van der Waals surface area (Å²) >= 11 is 3.91. The highest BCUT2D eigenvalue weighted by atomic mass is 32.1. The van der Waals surface area contributed by atoms with Gasteiger partial charge in [0.15, 0.2) is 0 Å². The van der Waals surface area contributed by atoms with Gasteiger partial charge in [0.2, 0.25) is 0 Å². The van der Waals surface area contributed by atoms with Gasteiger partial charge in [0.1, 0.15) is 0 Å². The molecule has 2 aromatic heterocycles. The lowest BCUT2D eigenvalue weighted by molar-refractivity contribution is 1.15. The Balaban J connectivity index is 1.06. The summed E-state index contributed by atoms with van der Waals surface area (Å²) in [6, 6.07) is 71.8. The highest BCUT2D eigenvalue weighted by Gasteiger charge is 2.47. The number of anilines is 6. The first-order valence-corrected chi connectivity index (χ1v) is 25.3. The van der Waals surface area contributed by atoms with E-state index in [1.807, 2.05) is 22.7 Å². The van der Waals surface area contributed by atoms with Gasteiger partial charge >= 0.3 is 0 Å². The fourth-order valence-electron chi connectivity index (χ4n) is 12.1. The molecule has 2 aliphatic heterocycles. The second-order valence-corrected chi connectivity index (χ2v) is 20.5. The molecule has 5 heteroatoms. The third-order valence-corrected chi connectivity index (χ3v) is 17.5. The molecule has 0 radical (unpaired) electrons. The molecule has 4 heterocycles. The average molecular weight is 889 g/mol. The summed E-state index contributed by atoms with van der Waals surface area (Å²) in [6.07, 6.45) is 1.99. The maximum absolute atomic E-state index is 2.62. The largest absolute Gasteiger partial charge is 0.303 e. The molecule has 0 N–H and O–H groups in total. The summed E-state index contributed by atoms with van der Waals surface area (Å²) in [5, 5.41) is 20.9. The second kappa shape index (κ2) is 14.0. The van der Waals surface area contributed by atoms with E-state index in [9.17, 15) is 0 Å². The van der Waals surface area contributed by atoms with E-state index in [4.69, 9.17) is 0 Å². The summed E-state index contributed by atoms with van der Waals surface area (Å²) in [6.45, 7) is 4.61. The maximum Gasteiger partial charge on any atom is 0.256 e. The zero-order valence-corrected chi connectivity index (χ0v) is 38.7. The molecule has 0 saturated carbocycles. The predicted molar refractivity (Wildman–Crippen MR) is 295 cm³/mol. The highest BCUT2D eigenvalue weighted by Crippen LogP contribution is 2.52. The first-order valence-electron chi connectivity index (χ1n) is 23.7. The molecular formula is C62H41BN2S2. The molecule has 67 heavy (non-hydrogen) atoms. The van der Waals surface area contributed by atoms with Gasteiger partial charge in [-0.25, -0.2) is 0 Å². The number of hydrogen-bond donors (Lipinski definition) is 0. The number of aryl methyl sites for hydroxylation is 2. The minimum atomic E-state index is 0.0425. The lowest BCUT2D eigenvalue weighted by Crippen LogP contribution is -2.60. The van der Waals surface area contributed by atoms with Crippen molar-refractivity contribution in [1.29, 1.82) is 0 Å². The Morgan fingerprint density at radius 1 is 0.328 bits per heavy atom. The van der Waals surface area contributed by atoms with Crippen LogP contribution in [0.2, 0.25) is 0 Å². The van der Waals surface area contributed by atoms with Crippen LogP contribution in [0.15, 0.2) is 188 Å². The van der Waals surface area contributed by atoms with Crippen LogP contribution in [-0.2, 0) is 12.8 Å². The molecular weight excluding hydrogens is 848 g/mol. The van der Waals surface area contributed by atoms with Crippen LogP contribution in [0.3, 0.4) is 0 Å². The second-order valence-electron chi connectivity index (χ2n) is 18.5. The zero-order valence-electron chi connectivity index (χ0n) is 37.1. The van der Waals surface area contributed by atoms with Crippen LogP contribution in [0.1, 0.15) is 25.0 Å². The van der Waals surface area contributed by atoms with Gasteiger partial charge < -0.3 is 9.80 Å². The molecule has 13 aromatic rings. The number of thiophene rings is 2. The number of rotatable bonds is 4. The average Bonchev–Trinajstić information content (AvgIpc) is 3.96. The van der Waals surface area contributed by atoms with E-state index >= 15 is 0 Å². The van der Waals surface area contributed by atoms with Gasteiger partial charge in [-0.3, -0.25) is 0 Å². The Hall–Kier alpha value is -7.44. The Bertz CT molecular complexity index is 3950. The topological polar surface area (TPSA) is 6.48 Å². The van der Waals surface area contributed by atoms with Crippen molar-refractivity contribution in [2.75, 3.05) is 9.80 Å². The molecule has 0 atom stereocenters. The molecule has 2 aliphatic rings. The van der Waals surface area contributed by atoms with Gasteiger partial charge in [-0.1, -0.05) is 153 Å². The molecule has 0 bridgehead atoms. The van der Waals surface area contributed by atoms with Gasteiger partial charge in [0, 0.05) is 32.1 Å². The Labute approximate surface area is 396 Å². The van der Waals surface area contributed by atoms with Crippen molar-refractivity contribution in [3.63, 3.8) is 0 Å². The van der Waals surface area contributed by atoms with Crippen molar-refractivity contribution in [2.45, 2.75) is 26.7 Å². The molecule has 0 amide bonds. The Morgan fingerprint density at radius 3 is 1.06 bits per heavy atom. The van der Waals surface area contributed by atoms with Crippen molar-refractivity contribution in [3.05, 3.63) is 199 Å². The van der Waals surface area contributed by atoms with E-state index in [1.165, 1.54) is 145 Å². The van der Waals surface area contributed by atoms with Gasteiger partial charge in [0.25, 0.3) is 6.71 Å². The Morgan fingerprint density at radius 2 is 0.687 bits per heavy atom. The first kappa shape index (κ1) is 37.8. The van der Waals surface area contributed by atoms with E-state index in [1.54, 1.807) is 0 Å². The van der Waals surface area contributed by atoms with E-state index < -0.39 is 0 Å². The van der Waals surface area contributed by atoms with E-state index in [-0.39, 0.29) is 6.71 Å². The molecule has 0 fully saturated rings. The zero-order chi connectivity index (χ0) is 44.1. The molecule has 0 aliphatic carbocycles. The summed E-state index contributed by atoms with van der Waals surface area (Å²) in [4.78, 5) is 5.25. The van der Waals surface area contributed by atoms with Crippen molar-refractivity contribution in [3.8, 4) is 0 Å². The standard InChI is InChI=1S/C62H41BN2S2/c1-3-36-24-30-56-52(32-36)58-61(66-56)64(38-26-28-48-44-18-7-5-14-40(44)42-16-9-11-20-46(42)50(48)34-38)54-22-13-23-55-60(54)63(58)59-53-33-37(4-2)25-31-57(53)67-62(59)65(55)39-27-29-49-45-19-8-6-15-41(45)43-17-10-12-21-47(43)51(49)35-39/h5-35H,3-4H2,1-2H3. The maximum atomic E-state index is 2.62. The quantitative estimate of drug-likeness (QED) is 0.128. The van der Waals surface area contributed by atoms with E-state index in [2.05, 4.69) is 212 Å². The van der Waals surface area contributed by atoms with Gasteiger partial charge in [-0.15, -0.1) is 22.7 Å². The summed E-state index contributed by atoms with van der Waals surface area (Å²) in [5.41, 5.74) is 11.9. The number of fused-ring (bicyclic) bond motifs is 20. The van der Waals surface area contributed by atoms with Crippen LogP contribution in [0.25, 0.3) is 84.8 Å². The van der Waals surface area contributed by atoms with Crippen molar-refractivity contribution in [2.24, 2.45) is 0 Å². The normalized spacial score (nSPS) is 13.3. The van der Waals surface area contributed by atoms with Crippen LogP contribution in [0.4, 0.5) is 32.8 Å². The molecule has 314 valence electrons.